The fourth-order valence-electron chi connectivity index (χ4n) is 3.74. The van der Waals surface area contributed by atoms with Crippen LogP contribution in [0.5, 0.6) is 0 Å². The lowest BCUT2D eigenvalue weighted by atomic mass is 10.0. The van der Waals surface area contributed by atoms with Crippen LogP contribution in [0.25, 0.3) is 0 Å². The van der Waals surface area contributed by atoms with Crippen LogP contribution in [0.4, 0.5) is 32.6 Å². The van der Waals surface area contributed by atoms with Gasteiger partial charge in [-0.3, -0.25) is 0 Å². The van der Waals surface area contributed by atoms with Gasteiger partial charge in [-0.15, -0.1) is 0 Å². The molecule has 1 aromatic heterocycles. The smallest absolute Gasteiger partial charge is 0.475 e. The van der Waals surface area contributed by atoms with E-state index in [1.807, 2.05) is 12.1 Å². The summed E-state index contributed by atoms with van der Waals surface area (Å²) in [6.45, 7) is 2.46. The number of hydrogen-bond donors (Lipinski definition) is 2. The molecule has 38 heavy (non-hydrogen) atoms. The lowest BCUT2D eigenvalue weighted by molar-refractivity contribution is -0.192. The Bertz CT molecular complexity index is 1230. The lowest BCUT2D eigenvalue weighted by Gasteiger charge is -2.37. The van der Waals surface area contributed by atoms with E-state index >= 15 is 0 Å². The standard InChI is InChI=1S/C22H22F2N6O.C2HF3O2/c23-18-13-17(14-19(24)15-18)20-4-7-27-30(20)22(31)29-10-8-28(9-11-29)21-12-16(2-1-5-25)3-6-26-21;3-2(4,5)1(6)7/h3,6-7,12-15,20H,4-5,8-11,25H2;(H,6,7). The van der Waals surface area contributed by atoms with Crippen LogP contribution < -0.4 is 10.6 Å². The van der Waals surface area contributed by atoms with Gasteiger partial charge in [0.1, 0.15) is 17.5 Å². The van der Waals surface area contributed by atoms with Gasteiger partial charge >= 0.3 is 18.2 Å². The molecule has 4 rings (SSSR count). The average Bonchev–Trinajstić information content (AvgIpc) is 3.37. The molecular formula is C24H23F5N6O3. The summed E-state index contributed by atoms with van der Waals surface area (Å²) < 4.78 is 59.0. The SMILES string of the molecule is NCC#Cc1ccnc(N2CCN(C(=O)N3N=CCC3c3cc(F)cc(F)c3)CC2)c1.O=C(O)C(F)(F)F. The lowest BCUT2D eigenvalue weighted by Crippen LogP contribution is -2.52. The molecule has 0 bridgehead atoms. The first-order valence-corrected chi connectivity index (χ1v) is 11.3. The third-order valence-corrected chi connectivity index (χ3v) is 5.49. The normalized spacial score (nSPS) is 16.9. The summed E-state index contributed by atoms with van der Waals surface area (Å²) in [6, 6.07) is 6.23. The number of anilines is 1. The maximum atomic E-state index is 13.6. The van der Waals surface area contributed by atoms with Crippen molar-refractivity contribution in [2.75, 3.05) is 37.6 Å². The summed E-state index contributed by atoms with van der Waals surface area (Å²) in [5.74, 6) is 2.51. The monoisotopic (exact) mass is 538 g/mol. The molecule has 0 aliphatic carbocycles. The Hall–Kier alpha value is -4.25. The number of amides is 2. The maximum Gasteiger partial charge on any atom is 0.490 e. The van der Waals surface area contributed by atoms with E-state index in [1.54, 1.807) is 17.3 Å². The van der Waals surface area contributed by atoms with Gasteiger partial charge in [-0.2, -0.15) is 18.3 Å². The Balaban J connectivity index is 0.000000505. The average molecular weight is 538 g/mol. The van der Waals surface area contributed by atoms with Gasteiger partial charge in [0.25, 0.3) is 0 Å². The van der Waals surface area contributed by atoms with Crippen LogP contribution in [0, 0.1) is 23.5 Å². The molecule has 14 heteroatoms. The van der Waals surface area contributed by atoms with Crippen LogP contribution >= 0.6 is 0 Å². The highest BCUT2D eigenvalue weighted by Crippen LogP contribution is 2.30. The molecule has 1 saturated heterocycles. The number of piperazine rings is 1. The van der Waals surface area contributed by atoms with E-state index in [0.29, 0.717) is 44.7 Å². The maximum absolute atomic E-state index is 13.6. The van der Waals surface area contributed by atoms with Gasteiger partial charge < -0.3 is 20.6 Å². The summed E-state index contributed by atoms with van der Waals surface area (Å²) >= 11 is 0. The Kier molecular flexibility index (Phi) is 9.19. The molecule has 2 aliphatic rings. The van der Waals surface area contributed by atoms with E-state index in [0.717, 1.165) is 17.4 Å². The number of carboxylic acid groups (broad SMARTS) is 1. The molecule has 0 spiro atoms. The first-order chi connectivity index (χ1) is 18.0. The number of pyridine rings is 1. The van der Waals surface area contributed by atoms with E-state index in [1.165, 1.54) is 17.1 Å². The molecule has 2 aromatic rings. The number of carboxylic acids is 1. The van der Waals surface area contributed by atoms with Crippen molar-refractivity contribution in [3.63, 3.8) is 0 Å². The van der Waals surface area contributed by atoms with Gasteiger partial charge in [0.05, 0.1) is 12.6 Å². The number of nitrogens with zero attached hydrogens (tertiary/aromatic N) is 5. The van der Waals surface area contributed by atoms with Crippen LogP contribution in [0.3, 0.4) is 0 Å². The van der Waals surface area contributed by atoms with Gasteiger partial charge in [-0.1, -0.05) is 11.8 Å². The number of carbonyl (C=O) groups excluding carboxylic acids is 1. The van der Waals surface area contributed by atoms with Gasteiger partial charge in [0.2, 0.25) is 0 Å². The van der Waals surface area contributed by atoms with Crippen molar-refractivity contribution in [2.24, 2.45) is 10.8 Å². The molecule has 202 valence electrons. The number of hydrogen-bond acceptors (Lipinski definition) is 6. The first-order valence-electron chi connectivity index (χ1n) is 11.3. The summed E-state index contributed by atoms with van der Waals surface area (Å²) in [4.78, 5) is 30.1. The number of halogens is 5. The van der Waals surface area contributed by atoms with E-state index in [9.17, 15) is 26.7 Å². The van der Waals surface area contributed by atoms with Crippen molar-refractivity contribution >= 4 is 24.0 Å². The molecule has 2 aliphatic heterocycles. The van der Waals surface area contributed by atoms with Crippen LogP contribution in [0.15, 0.2) is 41.6 Å². The second-order valence-corrected chi connectivity index (χ2v) is 8.07. The van der Waals surface area contributed by atoms with Crippen molar-refractivity contribution in [1.29, 1.82) is 0 Å². The van der Waals surface area contributed by atoms with Gasteiger partial charge in [-0.25, -0.2) is 28.4 Å². The number of urea groups is 1. The van der Waals surface area contributed by atoms with Crippen molar-refractivity contribution < 1.29 is 36.6 Å². The van der Waals surface area contributed by atoms with Crippen molar-refractivity contribution in [3.8, 4) is 11.8 Å². The van der Waals surface area contributed by atoms with Crippen LogP contribution in [0.2, 0.25) is 0 Å². The predicted molar refractivity (Wildman–Crippen MR) is 127 cm³/mol. The molecule has 0 saturated carbocycles. The third-order valence-electron chi connectivity index (χ3n) is 5.49. The Morgan fingerprint density at radius 1 is 1.08 bits per heavy atom. The summed E-state index contributed by atoms with van der Waals surface area (Å²) in [5, 5.41) is 12.6. The molecule has 9 nitrogen and oxygen atoms in total. The molecule has 1 aromatic carbocycles. The molecule has 0 radical (unpaired) electrons. The van der Waals surface area contributed by atoms with E-state index in [2.05, 4.69) is 26.8 Å². The Morgan fingerprint density at radius 3 is 2.29 bits per heavy atom. The third kappa shape index (κ3) is 7.39. The number of nitrogens with two attached hydrogens (primary N) is 1. The molecule has 1 unspecified atom stereocenters. The highest BCUT2D eigenvalue weighted by molar-refractivity contribution is 5.79. The zero-order valence-corrected chi connectivity index (χ0v) is 19.8. The van der Waals surface area contributed by atoms with Gasteiger partial charge in [0, 0.05) is 56.6 Å². The zero-order valence-electron chi connectivity index (χ0n) is 19.8. The number of alkyl halides is 3. The Morgan fingerprint density at radius 2 is 1.71 bits per heavy atom. The minimum absolute atomic E-state index is 0.279. The fourth-order valence-corrected chi connectivity index (χ4v) is 3.74. The minimum Gasteiger partial charge on any atom is -0.475 e. The van der Waals surface area contributed by atoms with Crippen LogP contribution in [-0.4, -0.2) is 77.1 Å². The summed E-state index contributed by atoms with van der Waals surface area (Å²) in [5.41, 5.74) is 6.65. The second kappa shape index (κ2) is 12.3. The number of aliphatic carboxylic acids is 1. The minimum atomic E-state index is -5.08. The second-order valence-electron chi connectivity index (χ2n) is 8.07. The number of aromatic nitrogens is 1. The molecular weight excluding hydrogens is 515 g/mol. The number of hydrazone groups is 1. The topological polar surface area (TPSA) is 115 Å². The number of rotatable bonds is 2. The largest absolute Gasteiger partial charge is 0.490 e. The van der Waals surface area contributed by atoms with E-state index in [-0.39, 0.29) is 6.03 Å². The molecule has 3 N–H and O–H groups in total. The first kappa shape index (κ1) is 28.3. The van der Waals surface area contributed by atoms with E-state index in [4.69, 9.17) is 15.6 Å². The van der Waals surface area contributed by atoms with Gasteiger partial charge in [0.15, 0.2) is 0 Å². The predicted octanol–water partition coefficient (Wildman–Crippen LogP) is 2.98. The summed E-state index contributed by atoms with van der Waals surface area (Å²) in [7, 11) is 0. The molecule has 1 fully saturated rings. The molecule has 2 amide bonds. The molecule has 3 heterocycles. The summed E-state index contributed by atoms with van der Waals surface area (Å²) in [6.07, 6.45) is -1.37. The van der Waals surface area contributed by atoms with Gasteiger partial charge in [-0.05, 0) is 29.8 Å². The van der Waals surface area contributed by atoms with E-state index < -0.39 is 29.8 Å². The zero-order chi connectivity index (χ0) is 27.9. The highest BCUT2D eigenvalue weighted by atomic mass is 19.4. The highest BCUT2D eigenvalue weighted by Gasteiger charge is 2.38. The van der Waals surface area contributed by atoms with Crippen molar-refractivity contribution in [1.82, 2.24) is 14.9 Å². The molecule has 1 atom stereocenters. The number of benzene rings is 1. The Labute approximate surface area is 214 Å². The fraction of sp³-hybridized carbons (Fsp3) is 0.333. The van der Waals surface area contributed by atoms with Crippen LogP contribution in [-0.2, 0) is 4.79 Å². The van der Waals surface area contributed by atoms with Crippen molar-refractivity contribution in [3.05, 3.63) is 59.3 Å². The number of carbonyl (C=O) groups is 2. The van der Waals surface area contributed by atoms with Crippen molar-refractivity contribution in [2.45, 2.75) is 18.6 Å². The quantitative estimate of drug-likeness (QED) is 0.449. The van der Waals surface area contributed by atoms with Crippen LogP contribution in [0.1, 0.15) is 23.6 Å².